The maximum atomic E-state index is 13.2. The highest BCUT2D eigenvalue weighted by molar-refractivity contribution is 7.98. The molecule has 0 N–H and O–H groups in total. The van der Waals surface area contributed by atoms with Crippen molar-refractivity contribution in [2.75, 3.05) is 44.3 Å². The first-order valence-electron chi connectivity index (χ1n) is 14.3. The topological polar surface area (TPSA) is 67.8 Å². The number of hydrogen-bond acceptors (Lipinski definition) is 9. The number of ether oxygens (including phenoxy) is 2. The standard InChI is InChI=1S/C32H33F3N4O3S2/c1-3-41-30(40)20-42-27-12-11-25(18-22(27)2)43-21-28-26(19-38-14-16-39(17-15-38)29-6-4-5-13-36-29)37-31(44-28)23-7-9-24(10-8-23)32(33,34)35/h4-13,18H,3,14-17,19-21H2,1-2H3. The lowest BCUT2D eigenvalue weighted by molar-refractivity contribution is -0.145. The molecule has 2 aromatic carbocycles. The molecule has 0 unspecified atom stereocenters. The van der Waals surface area contributed by atoms with E-state index in [4.69, 9.17) is 14.5 Å². The van der Waals surface area contributed by atoms with Crippen molar-refractivity contribution in [1.82, 2.24) is 14.9 Å². The van der Waals surface area contributed by atoms with Gasteiger partial charge in [0.2, 0.25) is 0 Å². The Kier molecular flexibility index (Phi) is 10.4. The summed E-state index contributed by atoms with van der Waals surface area (Å²) in [5.74, 6) is 1.83. The summed E-state index contributed by atoms with van der Waals surface area (Å²) in [6, 6.07) is 16.9. The lowest BCUT2D eigenvalue weighted by atomic mass is 10.1. The molecule has 1 aliphatic heterocycles. The van der Waals surface area contributed by atoms with Crippen molar-refractivity contribution in [1.29, 1.82) is 0 Å². The van der Waals surface area contributed by atoms with Crippen LogP contribution in [-0.4, -0.2) is 60.2 Å². The van der Waals surface area contributed by atoms with Gasteiger partial charge < -0.3 is 14.4 Å². The van der Waals surface area contributed by atoms with Crippen LogP contribution < -0.4 is 9.64 Å². The number of pyridine rings is 1. The summed E-state index contributed by atoms with van der Waals surface area (Å²) in [6.45, 7) is 7.89. The third-order valence-corrected chi connectivity index (χ3v) is 9.47. The molecule has 0 saturated carbocycles. The van der Waals surface area contributed by atoms with Crippen molar-refractivity contribution in [3.63, 3.8) is 0 Å². The van der Waals surface area contributed by atoms with Gasteiger partial charge in [0, 0.05) is 60.0 Å². The van der Waals surface area contributed by atoms with E-state index in [1.54, 1.807) is 24.9 Å². The van der Waals surface area contributed by atoms with Gasteiger partial charge in [-0.2, -0.15) is 13.2 Å². The first kappa shape index (κ1) is 31.8. The minimum absolute atomic E-state index is 0.145. The number of aromatic nitrogens is 2. The van der Waals surface area contributed by atoms with Crippen LogP contribution in [0, 0.1) is 6.92 Å². The molecule has 44 heavy (non-hydrogen) atoms. The number of anilines is 1. The van der Waals surface area contributed by atoms with Crippen molar-refractivity contribution in [2.45, 2.75) is 37.2 Å². The van der Waals surface area contributed by atoms with Gasteiger partial charge in [-0.05, 0) is 61.9 Å². The van der Waals surface area contributed by atoms with Crippen molar-refractivity contribution in [3.05, 3.63) is 88.6 Å². The van der Waals surface area contributed by atoms with Crippen LogP contribution in [0.3, 0.4) is 0 Å². The Morgan fingerprint density at radius 3 is 2.48 bits per heavy atom. The van der Waals surface area contributed by atoms with Gasteiger partial charge >= 0.3 is 12.1 Å². The highest BCUT2D eigenvalue weighted by Gasteiger charge is 2.30. The molecule has 5 rings (SSSR count). The van der Waals surface area contributed by atoms with E-state index in [0.29, 0.717) is 35.2 Å². The number of thiazole rings is 1. The van der Waals surface area contributed by atoms with Gasteiger partial charge in [-0.3, -0.25) is 4.90 Å². The molecule has 1 aliphatic rings. The van der Waals surface area contributed by atoms with Crippen LogP contribution in [0.15, 0.2) is 71.8 Å². The summed E-state index contributed by atoms with van der Waals surface area (Å²) in [6.07, 6.45) is -2.58. The summed E-state index contributed by atoms with van der Waals surface area (Å²) < 4.78 is 50.0. The van der Waals surface area contributed by atoms with Gasteiger partial charge in [-0.15, -0.1) is 23.1 Å². The van der Waals surface area contributed by atoms with Crippen LogP contribution in [0.25, 0.3) is 10.6 Å². The summed E-state index contributed by atoms with van der Waals surface area (Å²) in [5, 5.41) is 0.704. The maximum Gasteiger partial charge on any atom is 0.416 e. The number of esters is 1. The Morgan fingerprint density at radius 1 is 1.05 bits per heavy atom. The minimum Gasteiger partial charge on any atom is -0.482 e. The predicted molar refractivity (Wildman–Crippen MR) is 167 cm³/mol. The van der Waals surface area contributed by atoms with Crippen LogP contribution in [0.5, 0.6) is 5.75 Å². The molecule has 0 amide bonds. The minimum atomic E-state index is -4.39. The van der Waals surface area contributed by atoms with Crippen LogP contribution in [0.1, 0.15) is 28.6 Å². The second-order valence-electron chi connectivity index (χ2n) is 10.2. The molecule has 0 radical (unpaired) electrons. The molecular formula is C32H33F3N4O3S2. The quantitative estimate of drug-likeness (QED) is 0.127. The number of nitrogens with zero attached hydrogens (tertiary/aromatic N) is 4. The highest BCUT2D eigenvalue weighted by atomic mass is 32.2. The largest absolute Gasteiger partial charge is 0.482 e. The molecule has 0 atom stereocenters. The number of benzene rings is 2. The molecule has 1 saturated heterocycles. The van der Waals surface area contributed by atoms with E-state index in [-0.39, 0.29) is 6.61 Å². The third kappa shape index (κ3) is 8.30. The van der Waals surface area contributed by atoms with Gasteiger partial charge in [-0.25, -0.2) is 14.8 Å². The average molecular weight is 643 g/mol. The average Bonchev–Trinajstić information content (AvgIpc) is 3.42. The van der Waals surface area contributed by atoms with E-state index in [2.05, 4.69) is 14.8 Å². The lowest BCUT2D eigenvalue weighted by Crippen LogP contribution is -2.46. The second-order valence-corrected chi connectivity index (χ2v) is 12.4. The zero-order valence-corrected chi connectivity index (χ0v) is 26.1. The van der Waals surface area contributed by atoms with E-state index >= 15 is 0 Å². The lowest BCUT2D eigenvalue weighted by Gasteiger charge is -2.35. The van der Waals surface area contributed by atoms with Crippen molar-refractivity contribution < 1.29 is 27.4 Å². The number of rotatable bonds is 11. The molecule has 4 aromatic rings. The molecule has 1 fully saturated rings. The number of carbonyl (C=O) groups excluding carboxylic acids is 1. The zero-order valence-electron chi connectivity index (χ0n) is 24.5. The second kappa shape index (κ2) is 14.4. The Morgan fingerprint density at radius 2 is 1.82 bits per heavy atom. The van der Waals surface area contributed by atoms with E-state index in [1.807, 2.05) is 43.3 Å². The molecule has 2 aromatic heterocycles. The molecule has 7 nitrogen and oxygen atoms in total. The smallest absolute Gasteiger partial charge is 0.416 e. The predicted octanol–water partition coefficient (Wildman–Crippen LogP) is 7.09. The number of aryl methyl sites for hydroxylation is 1. The first-order valence-corrected chi connectivity index (χ1v) is 16.1. The highest BCUT2D eigenvalue weighted by Crippen LogP contribution is 2.36. The molecule has 0 bridgehead atoms. The van der Waals surface area contributed by atoms with Crippen LogP contribution in [-0.2, 0) is 28.0 Å². The van der Waals surface area contributed by atoms with Crippen molar-refractivity contribution >= 4 is 34.9 Å². The number of halogens is 3. The fourth-order valence-electron chi connectivity index (χ4n) is 4.79. The monoisotopic (exact) mass is 642 g/mol. The summed E-state index contributed by atoms with van der Waals surface area (Å²) in [7, 11) is 0. The normalized spacial score (nSPS) is 14.1. The molecular weight excluding hydrogens is 610 g/mol. The molecule has 0 spiro atoms. The number of alkyl halides is 3. The zero-order chi connectivity index (χ0) is 31.1. The number of carbonyl (C=O) groups is 1. The molecule has 0 aliphatic carbocycles. The summed E-state index contributed by atoms with van der Waals surface area (Å²) >= 11 is 3.17. The Hall–Kier alpha value is -3.61. The fourth-order valence-corrected chi connectivity index (χ4v) is 6.97. The van der Waals surface area contributed by atoms with E-state index in [0.717, 1.165) is 65.2 Å². The SMILES string of the molecule is CCOC(=O)COc1ccc(SCc2sc(-c3ccc(C(F)(F)F)cc3)nc2CN2CCN(c3ccccn3)CC2)cc1C. The Labute approximate surface area is 263 Å². The third-order valence-electron chi connectivity index (χ3n) is 7.12. The summed E-state index contributed by atoms with van der Waals surface area (Å²) in [4.78, 5) is 27.8. The van der Waals surface area contributed by atoms with E-state index in [1.165, 1.54) is 23.5 Å². The van der Waals surface area contributed by atoms with Crippen molar-refractivity contribution in [3.8, 4) is 16.3 Å². The maximum absolute atomic E-state index is 13.2. The fraction of sp³-hybridized carbons (Fsp3) is 0.344. The van der Waals surface area contributed by atoms with E-state index in [9.17, 15) is 18.0 Å². The van der Waals surface area contributed by atoms with Crippen LogP contribution in [0.2, 0.25) is 0 Å². The number of thioether (sulfide) groups is 1. The van der Waals surface area contributed by atoms with Gasteiger partial charge in [0.25, 0.3) is 0 Å². The number of hydrogen-bond donors (Lipinski definition) is 0. The molecule has 3 heterocycles. The van der Waals surface area contributed by atoms with Gasteiger partial charge in [-0.1, -0.05) is 18.2 Å². The van der Waals surface area contributed by atoms with Gasteiger partial charge in [0.1, 0.15) is 16.6 Å². The molecule has 232 valence electrons. The van der Waals surface area contributed by atoms with Crippen LogP contribution in [0.4, 0.5) is 19.0 Å². The van der Waals surface area contributed by atoms with E-state index < -0.39 is 17.7 Å². The first-order chi connectivity index (χ1) is 21.2. The Balaban J connectivity index is 1.30. The van der Waals surface area contributed by atoms with Crippen LogP contribution >= 0.6 is 23.1 Å². The summed E-state index contributed by atoms with van der Waals surface area (Å²) in [5.41, 5.74) is 1.83. The van der Waals surface area contributed by atoms with Crippen molar-refractivity contribution in [2.24, 2.45) is 0 Å². The Bertz CT molecular complexity index is 1540. The molecule has 12 heteroatoms. The number of piperazine rings is 1. The van der Waals surface area contributed by atoms with Gasteiger partial charge in [0.15, 0.2) is 6.61 Å². The van der Waals surface area contributed by atoms with Gasteiger partial charge in [0.05, 0.1) is 17.9 Å².